The molecular formula is C18H23NO3. The molecule has 0 aliphatic rings. The van der Waals surface area contributed by atoms with Gasteiger partial charge in [-0.05, 0) is 42.2 Å². The number of hydrogen-bond acceptors (Lipinski definition) is 3. The zero-order chi connectivity index (χ0) is 15.9. The van der Waals surface area contributed by atoms with Crippen LogP contribution in [0.1, 0.15) is 20.3 Å². The number of benzene rings is 2. The molecule has 0 bridgehead atoms. The molecule has 2 unspecified atom stereocenters. The molecule has 0 aliphatic carbocycles. The Hall–Kier alpha value is -2.07. The van der Waals surface area contributed by atoms with Crippen molar-refractivity contribution in [2.45, 2.75) is 26.4 Å². The summed E-state index contributed by atoms with van der Waals surface area (Å²) in [5.41, 5.74) is 0. The molecule has 0 spiro atoms. The van der Waals surface area contributed by atoms with Crippen molar-refractivity contribution in [1.29, 1.82) is 0 Å². The van der Waals surface area contributed by atoms with Gasteiger partial charge in [0.1, 0.15) is 5.75 Å². The molecule has 0 heterocycles. The Morgan fingerprint density at radius 1 is 1.18 bits per heavy atom. The lowest BCUT2D eigenvalue weighted by atomic mass is 10.1. The minimum atomic E-state index is -0.347. The van der Waals surface area contributed by atoms with E-state index < -0.39 is 0 Å². The van der Waals surface area contributed by atoms with Gasteiger partial charge in [0, 0.05) is 6.54 Å². The highest BCUT2D eigenvalue weighted by molar-refractivity contribution is 5.84. The van der Waals surface area contributed by atoms with Crippen molar-refractivity contribution in [3.05, 3.63) is 42.5 Å². The van der Waals surface area contributed by atoms with Gasteiger partial charge >= 0.3 is 0 Å². The second-order valence-corrected chi connectivity index (χ2v) is 5.79. The highest BCUT2D eigenvalue weighted by atomic mass is 16.5. The van der Waals surface area contributed by atoms with Gasteiger partial charge in [-0.1, -0.05) is 37.3 Å². The standard InChI is InChI=1S/C18H23NO3/c1-13(9-14(2)20)11-19-18(21)12-22-17-8-7-15-5-3-4-6-16(15)10-17/h3-8,10,13-14,20H,9,11-12H2,1-2H3,(H,19,21). The molecule has 2 rings (SSSR count). The Morgan fingerprint density at radius 3 is 2.64 bits per heavy atom. The third-order valence-corrected chi connectivity index (χ3v) is 3.48. The third kappa shape index (κ3) is 5.04. The lowest BCUT2D eigenvalue weighted by Crippen LogP contribution is -2.33. The average molecular weight is 301 g/mol. The Balaban J connectivity index is 1.80. The van der Waals surface area contributed by atoms with Crippen LogP contribution in [0.25, 0.3) is 10.8 Å². The van der Waals surface area contributed by atoms with Crippen LogP contribution >= 0.6 is 0 Å². The van der Waals surface area contributed by atoms with E-state index in [1.807, 2.05) is 49.4 Å². The summed E-state index contributed by atoms with van der Waals surface area (Å²) in [7, 11) is 0. The molecule has 0 saturated heterocycles. The maximum absolute atomic E-state index is 11.8. The number of fused-ring (bicyclic) bond motifs is 1. The zero-order valence-corrected chi connectivity index (χ0v) is 13.1. The normalized spacial score (nSPS) is 13.6. The molecule has 22 heavy (non-hydrogen) atoms. The van der Waals surface area contributed by atoms with E-state index in [0.717, 1.165) is 10.8 Å². The molecule has 0 aliphatic heterocycles. The van der Waals surface area contributed by atoms with Gasteiger partial charge < -0.3 is 15.2 Å². The molecule has 2 N–H and O–H groups in total. The number of aliphatic hydroxyl groups excluding tert-OH is 1. The minimum Gasteiger partial charge on any atom is -0.484 e. The molecule has 4 nitrogen and oxygen atoms in total. The van der Waals surface area contributed by atoms with Crippen molar-refractivity contribution >= 4 is 16.7 Å². The van der Waals surface area contributed by atoms with Gasteiger partial charge in [0.25, 0.3) is 5.91 Å². The second kappa shape index (κ2) is 7.80. The van der Waals surface area contributed by atoms with Crippen molar-refractivity contribution in [3.63, 3.8) is 0 Å². The number of carbonyl (C=O) groups excluding carboxylic acids is 1. The molecule has 0 fully saturated rings. The van der Waals surface area contributed by atoms with Gasteiger partial charge in [-0.25, -0.2) is 0 Å². The van der Waals surface area contributed by atoms with E-state index in [4.69, 9.17) is 4.74 Å². The summed E-state index contributed by atoms with van der Waals surface area (Å²) < 4.78 is 5.53. The van der Waals surface area contributed by atoms with Gasteiger partial charge in [0.05, 0.1) is 6.10 Å². The van der Waals surface area contributed by atoms with E-state index in [1.165, 1.54) is 0 Å². The van der Waals surface area contributed by atoms with Crippen molar-refractivity contribution in [2.75, 3.05) is 13.2 Å². The van der Waals surface area contributed by atoms with Crippen LogP contribution in [-0.4, -0.2) is 30.3 Å². The molecule has 0 saturated carbocycles. The summed E-state index contributed by atoms with van der Waals surface area (Å²) in [6.07, 6.45) is 0.326. The largest absolute Gasteiger partial charge is 0.484 e. The second-order valence-electron chi connectivity index (χ2n) is 5.79. The van der Waals surface area contributed by atoms with Gasteiger partial charge in [-0.2, -0.15) is 0 Å². The van der Waals surface area contributed by atoms with E-state index in [0.29, 0.717) is 18.7 Å². The lowest BCUT2D eigenvalue weighted by Gasteiger charge is -2.14. The average Bonchev–Trinajstić information content (AvgIpc) is 2.50. The first-order valence-electron chi connectivity index (χ1n) is 7.61. The van der Waals surface area contributed by atoms with Crippen molar-refractivity contribution in [3.8, 4) is 5.75 Å². The van der Waals surface area contributed by atoms with Gasteiger partial charge in [0.2, 0.25) is 0 Å². The number of hydrogen-bond donors (Lipinski definition) is 2. The Bertz CT molecular complexity index is 625. The molecular weight excluding hydrogens is 278 g/mol. The van der Waals surface area contributed by atoms with Crippen LogP contribution in [0.4, 0.5) is 0 Å². The number of nitrogens with one attached hydrogen (secondary N) is 1. The van der Waals surface area contributed by atoms with Gasteiger partial charge in [-0.3, -0.25) is 4.79 Å². The third-order valence-electron chi connectivity index (χ3n) is 3.48. The Kier molecular flexibility index (Phi) is 5.78. The van der Waals surface area contributed by atoms with Gasteiger partial charge in [-0.15, -0.1) is 0 Å². The molecule has 0 radical (unpaired) electrons. The van der Waals surface area contributed by atoms with Crippen LogP contribution in [-0.2, 0) is 4.79 Å². The van der Waals surface area contributed by atoms with Gasteiger partial charge in [0.15, 0.2) is 6.61 Å². The SMILES string of the molecule is CC(O)CC(C)CNC(=O)COc1ccc2ccccc2c1. The highest BCUT2D eigenvalue weighted by Crippen LogP contribution is 2.20. The summed E-state index contributed by atoms with van der Waals surface area (Å²) in [6, 6.07) is 13.8. The van der Waals surface area contributed by atoms with Crippen LogP contribution in [0.2, 0.25) is 0 Å². The predicted molar refractivity (Wildman–Crippen MR) is 87.9 cm³/mol. The Morgan fingerprint density at radius 2 is 1.91 bits per heavy atom. The first kappa shape index (κ1) is 16.3. The number of ether oxygens (including phenoxy) is 1. The number of amides is 1. The van der Waals surface area contributed by atoms with Crippen LogP contribution in [0.5, 0.6) is 5.75 Å². The van der Waals surface area contributed by atoms with E-state index in [1.54, 1.807) is 6.92 Å². The molecule has 0 aromatic heterocycles. The van der Waals surface area contributed by atoms with Crippen molar-refractivity contribution in [1.82, 2.24) is 5.32 Å². The van der Waals surface area contributed by atoms with Crippen LogP contribution in [0, 0.1) is 5.92 Å². The summed E-state index contributed by atoms with van der Waals surface area (Å²) in [5, 5.41) is 14.3. The summed E-state index contributed by atoms with van der Waals surface area (Å²) in [4.78, 5) is 11.8. The molecule has 2 aromatic carbocycles. The summed E-state index contributed by atoms with van der Waals surface area (Å²) >= 11 is 0. The predicted octanol–water partition coefficient (Wildman–Crippen LogP) is 2.74. The quantitative estimate of drug-likeness (QED) is 0.826. The molecule has 118 valence electrons. The highest BCUT2D eigenvalue weighted by Gasteiger charge is 2.09. The fourth-order valence-electron chi connectivity index (χ4n) is 2.41. The lowest BCUT2D eigenvalue weighted by molar-refractivity contribution is -0.123. The first-order valence-corrected chi connectivity index (χ1v) is 7.61. The monoisotopic (exact) mass is 301 g/mol. The van der Waals surface area contributed by atoms with E-state index in [-0.39, 0.29) is 24.5 Å². The van der Waals surface area contributed by atoms with Crippen molar-refractivity contribution in [2.24, 2.45) is 5.92 Å². The number of rotatable bonds is 7. The fourth-order valence-corrected chi connectivity index (χ4v) is 2.41. The van der Waals surface area contributed by atoms with E-state index in [2.05, 4.69) is 5.32 Å². The fraction of sp³-hybridized carbons (Fsp3) is 0.389. The molecule has 2 aromatic rings. The minimum absolute atomic E-state index is 0.000259. The van der Waals surface area contributed by atoms with Crippen LogP contribution in [0.3, 0.4) is 0 Å². The maximum Gasteiger partial charge on any atom is 0.257 e. The van der Waals surface area contributed by atoms with Crippen LogP contribution < -0.4 is 10.1 Å². The Labute approximate surface area is 131 Å². The van der Waals surface area contributed by atoms with Crippen molar-refractivity contribution < 1.29 is 14.6 Å². The summed E-state index contributed by atoms with van der Waals surface area (Å²) in [5.74, 6) is 0.779. The van der Waals surface area contributed by atoms with E-state index in [9.17, 15) is 9.90 Å². The maximum atomic E-state index is 11.8. The van der Waals surface area contributed by atoms with Crippen LogP contribution in [0.15, 0.2) is 42.5 Å². The number of carbonyl (C=O) groups is 1. The molecule has 2 atom stereocenters. The summed E-state index contributed by atoms with van der Waals surface area (Å²) in [6.45, 7) is 4.29. The van der Waals surface area contributed by atoms with E-state index >= 15 is 0 Å². The molecule has 1 amide bonds. The first-order chi connectivity index (χ1) is 10.5. The number of aliphatic hydroxyl groups is 1. The smallest absolute Gasteiger partial charge is 0.257 e. The molecule has 4 heteroatoms. The zero-order valence-electron chi connectivity index (χ0n) is 13.1. The topological polar surface area (TPSA) is 58.6 Å².